The molecule has 1 amide bonds. The van der Waals surface area contributed by atoms with Gasteiger partial charge in [-0.3, -0.25) is 4.79 Å². The summed E-state index contributed by atoms with van der Waals surface area (Å²) in [6, 6.07) is 10.7. The Morgan fingerprint density at radius 1 is 1.21 bits per heavy atom. The van der Waals surface area contributed by atoms with Gasteiger partial charge in [-0.1, -0.05) is 6.07 Å². The first-order chi connectivity index (χ1) is 11.5. The smallest absolute Gasteiger partial charge is 0.251 e. The molecule has 6 nitrogen and oxygen atoms in total. The number of benzene rings is 1. The maximum absolute atomic E-state index is 12.2. The Bertz CT molecular complexity index is 709. The van der Waals surface area contributed by atoms with Crippen LogP contribution in [0.1, 0.15) is 5.56 Å². The molecule has 2 rings (SSSR count). The number of thioether (sulfide) groups is 1. The van der Waals surface area contributed by atoms with E-state index < -0.39 is 0 Å². The van der Waals surface area contributed by atoms with Gasteiger partial charge >= 0.3 is 0 Å². The Kier molecular flexibility index (Phi) is 6.31. The summed E-state index contributed by atoms with van der Waals surface area (Å²) in [5.74, 6) is 1.42. The molecule has 0 atom stereocenters. The summed E-state index contributed by atoms with van der Waals surface area (Å²) in [5.41, 5.74) is 0.937. The zero-order chi connectivity index (χ0) is 17.5. The summed E-state index contributed by atoms with van der Waals surface area (Å²) >= 11 is 1.22. The second-order valence-corrected chi connectivity index (χ2v) is 6.09. The van der Waals surface area contributed by atoms with E-state index in [9.17, 15) is 10.0 Å². The van der Waals surface area contributed by atoms with E-state index in [4.69, 9.17) is 9.47 Å². The van der Waals surface area contributed by atoms with Gasteiger partial charge in [0.05, 0.1) is 20.0 Å². The van der Waals surface area contributed by atoms with Gasteiger partial charge in [-0.05, 0) is 35.5 Å². The molecular formula is C17H20N2O4S. The number of carbonyl (C=O) groups is 1. The Labute approximate surface area is 145 Å². The Balaban J connectivity index is 1.95. The highest BCUT2D eigenvalue weighted by Crippen LogP contribution is 2.28. The van der Waals surface area contributed by atoms with Crippen LogP contribution >= 0.6 is 11.8 Å². The molecule has 0 radical (unpaired) electrons. The average Bonchev–Trinajstić information content (AvgIpc) is 2.60. The highest BCUT2D eigenvalue weighted by molar-refractivity contribution is 7.99. The van der Waals surface area contributed by atoms with Gasteiger partial charge < -0.3 is 19.6 Å². The van der Waals surface area contributed by atoms with Crippen LogP contribution in [-0.4, -0.2) is 37.8 Å². The molecular weight excluding hydrogens is 328 g/mol. The summed E-state index contributed by atoms with van der Waals surface area (Å²) in [6.45, 7) is 0.450. The summed E-state index contributed by atoms with van der Waals surface area (Å²) in [6.07, 6.45) is 1.42. The molecule has 7 heteroatoms. The molecule has 1 heterocycles. The molecule has 0 N–H and O–H groups in total. The van der Waals surface area contributed by atoms with Crippen LogP contribution in [0.3, 0.4) is 0 Å². The molecule has 0 spiro atoms. The van der Waals surface area contributed by atoms with Crippen LogP contribution in [-0.2, 0) is 11.3 Å². The van der Waals surface area contributed by atoms with Gasteiger partial charge in [-0.25, -0.2) is 0 Å². The monoisotopic (exact) mass is 348 g/mol. The fourth-order valence-electron chi connectivity index (χ4n) is 2.11. The summed E-state index contributed by atoms with van der Waals surface area (Å²) in [7, 11) is 4.89. The molecule has 0 aliphatic carbocycles. The van der Waals surface area contributed by atoms with E-state index in [1.807, 2.05) is 18.2 Å². The third kappa shape index (κ3) is 4.55. The highest BCUT2D eigenvalue weighted by atomic mass is 32.2. The molecule has 0 bridgehead atoms. The Morgan fingerprint density at radius 2 is 1.96 bits per heavy atom. The second-order valence-electron chi connectivity index (χ2n) is 5.09. The maximum Gasteiger partial charge on any atom is 0.251 e. The lowest BCUT2D eigenvalue weighted by atomic mass is 10.2. The van der Waals surface area contributed by atoms with Crippen molar-refractivity contribution in [1.82, 2.24) is 4.90 Å². The van der Waals surface area contributed by atoms with E-state index >= 15 is 0 Å². The minimum Gasteiger partial charge on any atom is -0.618 e. The van der Waals surface area contributed by atoms with E-state index in [1.165, 1.54) is 18.0 Å². The summed E-state index contributed by atoms with van der Waals surface area (Å²) in [4.78, 5) is 13.9. The second kappa shape index (κ2) is 8.44. The van der Waals surface area contributed by atoms with Gasteiger partial charge in [-0.2, -0.15) is 4.73 Å². The number of ether oxygens (including phenoxy) is 2. The van der Waals surface area contributed by atoms with Gasteiger partial charge in [0.25, 0.3) is 5.03 Å². The van der Waals surface area contributed by atoms with Crippen molar-refractivity contribution < 1.29 is 19.0 Å². The maximum atomic E-state index is 12.2. The molecule has 0 fully saturated rings. The fraction of sp³-hybridized carbons (Fsp3) is 0.294. The lowest BCUT2D eigenvalue weighted by molar-refractivity contribution is -0.645. The number of aromatic nitrogens is 1. The van der Waals surface area contributed by atoms with Gasteiger partial charge in [0, 0.05) is 25.7 Å². The van der Waals surface area contributed by atoms with Crippen molar-refractivity contribution in [3.05, 3.63) is 53.4 Å². The van der Waals surface area contributed by atoms with Crippen LogP contribution in [0.2, 0.25) is 0 Å². The summed E-state index contributed by atoms with van der Waals surface area (Å²) < 4.78 is 11.2. The zero-order valence-electron chi connectivity index (χ0n) is 13.9. The SMILES string of the molecule is COc1ccc(CN(C)C(=O)CSc2cccc[n+]2[O-])cc1OC. The number of amides is 1. The first-order valence-corrected chi connectivity index (χ1v) is 8.29. The van der Waals surface area contributed by atoms with Gasteiger partial charge in [-0.15, -0.1) is 0 Å². The quantitative estimate of drug-likeness (QED) is 0.435. The van der Waals surface area contributed by atoms with Crippen LogP contribution in [0, 0.1) is 5.21 Å². The van der Waals surface area contributed by atoms with E-state index in [1.54, 1.807) is 44.4 Å². The predicted molar refractivity (Wildman–Crippen MR) is 92.1 cm³/mol. The van der Waals surface area contributed by atoms with Crippen molar-refractivity contribution in [1.29, 1.82) is 0 Å². The van der Waals surface area contributed by atoms with E-state index in [0.717, 1.165) is 10.3 Å². The predicted octanol–water partition coefficient (Wildman–Crippen LogP) is 2.09. The van der Waals surface area contributed by atoms with Crippen molar-refractivity contribution in [2.75, 3.05) is 27.0 Å². The minimum atomic E-state index is -0.0568. The number of pyridine rings is 1. The highest BCUT2D eigenvalue weighted by Gasteiger charge is 2.14. The van der Waals surface area contributed by atoms with Crippen molar-refractivity contribution in [2.45, 2.75) is 11.6 Å². The number of methoxy groups -OCH3 is 2. The Morgan fingerprint density at radius 3 is 2.62 bits per heavy atom. The van der Waals surface area contributed by atoms with Crippen LogP contribution in [0.15, 0.2) is 47.6 Å². The number of carbonyl (C=O) groups excluding carboxylic acids is 1. The molecule has 24 heavy (non-hydrogen) atoms. The van der Waals surface area contributed by atoms with E-state index in [2.05, 4.69) is 0 Å². The third-order valence-electron chi connectivity index (χ3n) is 3.43. The first-order valence-electron chi connectivity index (χ1n) is 7.31. The van der Waals surface area contributed by atoms with E-state index in [0.29, 0.717) is 23.1 Å². The molecule has 0 aliphatic rings. The molecule has 0 aliphatic heterocycles. The first kappa shape index (κ1) is 17.9. The van der Waals surface area contributed by atoms with Gasteiger partial charge in [0.2, 0.25) is 5.91 Å². The number of hydrogen-bond donors (Lipinski definition) is 0. The lowest BCUT2D eigenvalue weighted by Crippen LogP contribution is -2.31. The third-order valence-corrected chi connectivity index (χ3v) is 4.43. The van der Waals surface area contributed by atoms with E-state index in [-0.39, 0.29) is 11.7 Å². The van der Waals surface area contributed by atoms with Crippen LogP contribution in [0.25, 0.3) is 0 Å². The molecule has 0 saturated heterocycles. The van der Waals surface area contributed by atoms with Crippen LogP contribution in [0.5, 0.6) is 11.5 Å². The lowest BCUT2D eigenvalue weighted by Gasteiger charge is -2.18. The van der Waals surface area contributed by atoms with Gasteiger partial charge in [0.15, 0.2) is 17.7 Å². The molecule has 2 aromatic rings. The van der Waals surface area contributed by atoms with Crippen molar-refractivity contribution in [2.24, 2.45) is 0 Å². The average molecular weight is 348 g/mol. The molecule has 128 valence electrons. The molecule has 0 unspecified atom stereocenters. The van der Waals surface area contributed by atoms with Crippen molar-refractivity contribution in [3.8, 4) is 11.5 Å². The van der Waals surface area contributed by atoms with Crippen molar-refractivity contribution >= 4 is 17.7 Å². The largest absolute Gasteiger partial charge is 0.618 e. The Hall–Kier alpha value is -2.41. The van der Waals surface area contributed by atoms with Crippen molar-refractivity contribution in [3.63, 3.8) is 0 Å². The summed E-state index contributed by atoms with van der Waals surface area (Å²) in [5, 5.41) is 12.1. The standard InChI is InChI=1S/C17H20N2O4S/c1-18(11-13-7-8-14(22-2)15(10-13)23-3)16(20)12-24-17-6-4-5-9-19(17)21/h4-10H,11-12H2,1-3H3. The number of nitrogens with zero attached hydrogens (tertiary/aromatic N) is 2. The normalized spacial score (nSPS) is 10.3. The number of hydrogen-bond acceptors (Lipinski definition) is 5. The fourth-order valence-corrected chi connectivity index (χ4v) is 2.97. The van der Waals surface area contributed by atoms with Crippen LogP contribution in [0.4, 0.5) is 0 Å². The van der Waals surface area contributed by atoms with Crippen LogP contribution < -0.4 is 14.2 Å². The number of rotatable bonds is 7. The molecule has 1 aromatic carbocycles. The minimum absolute atomic E-state index is 0.0568. The topological polar surface area (TPSA) is 65.7 Å². The zero-order valence-corrected chi connectivity index (χ0v) is 14.7. The van der Waals surface area contributed by atoms with Gasteiger partial charge in [0.1, 0.15) is 0 Å². The molecule has 0 saturated carbocycles. The molecule has 1 aromatic heterocycles.